The van der Waals surface area contributed by atoms with Crippen LogP contribution in [0.25, 0.3) is 0 Å². The maximum Gasteiger partial charge on any atom is 0.269 e. The van der Waals surface area contributed by atoms with E-state index >= 15 is 0 Å². The molecule has 0 bridgehead atoms. The molecule has 1 aromatic carbocycles. The zero-order valence-electron chi connectivity index (χ0n) is 10.1. The van der Waals surface area contributed by atoms with Gasteiger partial charge in [-0.1, -0.05) is 19.1 Å². The van der Waals surface area contributed by atoms with Gasteiger partial charge in [-0.05, 0) is 12.0 Å². The van der Waals surface area contributed by atoms with Gasteiger partial charge in [0.1, 0.15) is 0 Å². The summed E-state index contributed by atoms with van der Waals surface area (Å²) in [5.74, 6) is -0.204. The molecule has 98 valence electrons. The van der Waals surface area contributed by atoms with Gasteiger partial charge in [0.15, 0.2) is 0 Å². The van der Waals surface area contributed by atoms with Crippen LogP contribution in [0.5, 0.6) is 0 Å². The highest BCUT2D eigenvalue weighted by molar-refractivity contribution is 5.78. The Hall–Kier alpha value is -1.95. The zero-order valence-corrected chi connectivity index (χ0v) is 10.1. The molecule has 0 aliphatic heterocycles. The molecule has 0 aliphatic rings. The SMILES string of the molecule is CCC(CO)NC(=O)Cc1ccc([N+](=O)[O-])cc1. The fourth-order valence-electron chi connectivity index (χ4n) is 1.48. The van der Waals surface area contributed by atoms with E-state index < -0.39 is 4.92 Å². The normalized spacial score (nSPS) is 11.9. The summed E-state index contributed by atoms with van der Waals surface area (Å²) in [6.07, 6.45) is 0.803. The van der Waals surface area contributed by atoms with Gasteiger partial charge in [-0.15, -0.1) is 0 Å². The number of hydrogen-bond donors (Lipinski definition) is 2. The first-order chi connectivity index (χ1) is 8.56. The van der Waals surface area contributed by atoms with Crippen LogP contribution in [0.4, 0.5) is 5.69 Å². The second-order valence-electron chi connectivity index (χ2n) is 3.96. The number of non-ortho nitro benzene ring substituents is 1. The number of aliphatic hydroxyl groups excluding tert-OH is 1. The topological polar surface area (TPSA) is 92.5 Å². The van der Waals surface area contributed by atoms with Crippen molar-refractivity contribution in [1.29, 1.82) is 0 Å². The predicted octanol–water partition coefficient (Wildman–Crippen LogP) is 1.02. The third kappa shape index (κ3) is 4.14. The van der Waals surface area contributed by atoms with E-state index in [-0.39, 0.29) is 30.7 Å². The Morgan fingerprint density at radius 3 is 2.50 bits per heavy atom. The van der Waals surface area contributed by atoms with E-state index in [9.17, 15) is 14.9 Å². The van der Waals surface area contributed by atoms with E-state index in [0.29, 0.717) is 12.0 Å². The molecule has 0 aliphatic carbocycles. The molecule has 1 atom stereocenters. The van der Waals surface area contributed by atoms with Crippen LogP contribution in [0.2, 0.25) is 0 Å². The van der Waals surface area contributed by atoms with Gasteiger partial charge in [-0.3, -0.25) is 14.9 Å². The van der Waals surface area contributed by atoms with Crippen molar-refractivity contribution in [3.05, 3.63) is 39.9 Å². The lowest BCUT2D eigenvalue weighted by Gasteiger charge is -2.13. The molecule has 1 aromatic rings. The first-order valence-corrected chi connectivity index (χ1v) is 5.70. The number of nitrogens with one attached hydrogen (secondary N) is 1. The number of amides is 1. The van der Waals surface area contributed by atoms with E-state index in [1.54, 1.807) is 12.1 Å². The second-order valence-corrected chi connectivity index (χ2v) is 3.96. The molecule has 0 heterocycles. The maximum absolute atomic E-state index is 11.6. The number of nitro benzene ring substituents is 1. The first-order valence-electron chi connectivity index (χ1n) is 5.70. The number of rotatable bonds is 6. The van der Waals surface area contributed by atoms with Gasteiger partial charge in [0.2, 0.25) is 5.91 Å². The molecule has 0 radical (unpaired) electrons. The van der Waals surface area contributed by atoms with Crippen molar-refractivity contribution in [3.8, 4) is 0 Å². The minimum atomic E-state index is -0.483. The lowest BCUT2D eigenvalue weighted by Crippen LogP contribution is -2.37. The third-order valence-electron chi connectivity index (χ3n) is 2.59. The van der Waals surface area contributed by atoms with Crippen LogP contribution in [0.3, 0.4) is 0 Å². The summed E-state index contributed by atoms with van der Waals surface area (Å²) < 4.78 is 0. The second kappa shape index (κ2) is 6.70. The molecule has 6 heteroatoms. The molecule has 0 aromatic heterocycles. The van der Waals surface area contributed by atoms with Crippen molar-refractivity contribution in [2.24, 2.45) is 0 Å². The van der Waals surface area contributed by atoms with Crippen molar-refractivity contribution >= 4 is 11.6 Å². The number of carbonyl (C=O) groups excluding carboxylic acids is 1. The Labute approximate surface area is 105 Å². The Balaban J connectivity index is 2.56. The van der Waals surface area contributed by atoms with Crippen LogP contribution < -0.4 is 5.32 Å². The molecule has 6 nitrogen and oxygen atoms in total. The number of carbonyl (C=O) groups is 1. The van der Waals surface area contributed by atoms with E-state index in [4.69, 9.17) is 5.11 Å². The summed E-state index contributed by atoms with van der Waals surface area (Å²) in [5, 5.41) is 22.1. The van der Waals surface area contributed by atoms with Crippen LogP contribution in [0, 0.1) is 10.1 Å². The summed E-state index contributed by atoms with van der Waals surface area (Å²) in [4.78, 5) is 21.6. The van der Waals surface area contributed by atoms with Crippen LogP contribution in [-0.4, -0.2) is 28.6 Å². The lowest BCUT2D eigenvalue weighted by atomic mass is 10.1. The highest BCUT2D eigenvalue weighted by atomic mass is 16.6. The average molecular weight is 252 g/mol. The Morgan fingerprint density at radius 2 is 2.06 bits per heavy atom. The summed E-state index contributed by atoms with van der Waals surface area (Å²) in [6, 6.07) is 5.60. The molecular weight excluding hydrogens is 236 g/mol. The van der Waals surface area contributed by atoms with E-state index in [0.717, 1.165) is 0 Å². The Kier molecular flexibility index (Phi) is 5.26. The Bertz CT molecular complexity index is 413. The number of hydrogen-bond acceptors (Lipinski definition) is 4. The average Bonchev–Trinajstić information content (AvgIpc) is 2.36. The van der Waals surface area contributed by atoms with Crippen molar-refractivity contribution in [2.45, 2.75) is 25.8 Å². The standard InChI is InChI=1S/C12H16N2O4/c1-2-10(8-15)13-12(16)7-9-3-5-11(6-4-9)14(17)18/h3-6,10,15H,2,7-8H2,1H3,(H,13,16). The molecule has 2 N–H and O–H groups in total. The van der Waals surface area contributed by atoms with Gasteiger partial charge in [0, 0.05) is 12.1 Å². The van der Waals surface area contributed by atoms with E-state index in [1.165, 1.54) is 12.1 Å². The smallest absolute Gasteiger partial charge is 0.269 e. The molecular formula is C12H16N2O4. The van der Waals surface area contributed by atoms with Crippen molar-refractivity contribution in [3.63, 3.8) is 0 Å². The summed E-state index contributed by atoms with van der Waals surface area (Å²) in [6.45, 7) is 1.77. The van der Waals surface area contributed by atoms with Crippen molar-refractivity contribution < 1.29 is 14.8 Å². The van der Waals surface area contributed by atoms with Crippen LogP contribution in [0.15, 0.2) is 24.3 Å². The van der Waals surface area contributed by atoms with Crippen LogP contribution in [0.1, 0.15) is 18.9 Å². The molecule has 0 spiro atoms. The number of benzene rings is 1. The van der Waals surface area contributed by atoms with Gasteiger partial charge in [0.25, 0.3) is 5.69 Å². The first kappa shape index (κ1) is 14.1. The molecule has 1 amide bonds. The number of nitrogens with zero attached hydrogens (tertiary/aromatic N) is 1. The van der Waals surface area contributed by atoms with Crippen molar-refractivity contribution in [1.82, 2.24) is 5.32 Å². The highest BCUT2D eigenvalue weighted by Crippen LogP contribution is 2.12. The van der Waals surface area contributed by atoms with E-state index in [2.05, 4.69) is 5.32 Å². The van der Waals surface area contributed by atoms with Crippen LogP contribution >= 0.6 is 0 Å². The third-order valence-corrected chi connectivity index (χ3v) is 2.59. The molecule has 0 saturated carbocycles. The van der Waals surface area contributed by atoms with Gasteiger partial charge in [-0.2, -0.15) is 0 Å². The summed E-state index contributed by atoms with van der Waals surface area (Å²) in [5.41, 5.74) is 0.701. The maximum atomic E-state index is 11.6. The molecule has 1 rings (SSSR count). The molecule has 1 unspecified atom stereocenters. The van der Waals surface area contributed by atoms with Gasteiger partial charge >= 0.3 is 0 Å². The molecule has 0 saturated heterocycles. The zero-order chi connectivity index (χ0) is 13.5. The minimum absolute atomic E-state index is 0.000881. The minimum Gasteiger partial charge on any atom is -0.394 e. The van der Waals surface area contributed by atoms with Gasteiger partial charge in [-0.25, -0.2) is 0 Å². The fraction of sp³-hybridized carbons (Fsp3) is 0.417. The lowest BCUT2D eigenvalue weighted by molar-refractivity contribution is -0.384. The summed E-state index contributed by atoms with van der Waals surface area (Å²) >= 11 is 0. The van der Waals surface area contributed by atoms with Gasteiger partial charge < -0.3 is 10.4 Å². The predicted molar refractivity (Wildman–Crippen MR) is 66.1 cm³/mol. The van der Waals surface area contributed by atoms with Crippen LogP contribution in [-0.2, 0) is 11.2 Å². The van der Waals surface area contributed by atoms with E-state index in [1.807, 2.05) is 6.92 Å². The fourth-order valence-corrected chi connectivity index (χ4v) is 1.48. The molecule has 0 fully saturated rings. The Morgan fingerprint density at radius 1 is 1.44 bits per heavy atom. The molecule has 18 heavy (non-hydrogen) atoms. The quantitative estimate of drug-likeness (QED) is 0.584. The largest absolute Gasteiger partial charge is 0.394 e. The summed E-state index contributed by atoms with van der Waals surface area (Å²) in [7, 11) is 0. The van der Waals surface area contributed by atoms with Gasteiger partial charge in [0.05, 0.1) is 24.0 Å². The number of nitro groups is 1. The monoisotopic (exact) mass is 252 g/mol. The number of aliphatic hydroxyl groups is 1. The highest BCUT2D eigenvalue weighted by Gasteiger charge is 2.10. The van der Waals surface area contributed by atoms with Crippen molar-refractivity contribution in [2.75, 3.05) is 6.61 Å².